The maximum Gasteiger partial charge on any atom is 0.305 e. The van der Waals surface area contributed by atoms with Gasteiger partial charge < -0.3 is 5.11 Å². The molecule has 1 heterocycles. The van der Waals surface area contributed by atoms with E-state index in [0.29, 0.717) is 17.3 Å². The van der Waals surface area contributed by atoms with Gasteiger partial charge in [0.05, 0.1) is 17.5 Å². The number of tetrazole rings is 1. The number of halogens is 2. The van der Waals surface area contributed by atoms with Crippen LogP contribution in [0.4, 0.5) is 0 Å². The Morgan fingerprint density at radius 1 is 1.52 bits per heavy atom. The van der Waals surface area contributed by atoms with E-state index in [4.69, 9.17) is 16.7 Å². The lowest BCUT2D eigenvalue weighted by Gasteiger charge is -2.15. The second-order valence-electron chi connectivity index (χ2n) is 4.62. The zero-order chi connectivity index (χ0) is 15.4. The molecular formula is C13H14BrClN4O2. The maximum atomic E-state index is 11.0. The Kier molecular flexibility index (Phi) is 5.30. The predicted molar refractivity (Wildman–Crippen MR) is 82.2 cm³/mol. The number of aromatic nitrogens is 4. The third-order valence-corrected chi connectivity index (χ3v) is 4.26. The Hall–Kier alpha value is -1.47. The van der Waals surface area contributed by atoms with Crippen LogP contribution in [0, 0.1) is 0 Å². The van der Waals surface area contributed by atoms with Crippen LogP contribution in [-0.4, -0.2) is 31.3 Å². The normalized spacial score (nSPS) is 12.3. The summed E-state index contributed by atoms with van der Waals surface area (Å²) in [7, 11) is 0. The second kappa shape index (κ2) is 7.00. The van der Waals surface area contributed by atoms with Gasteiger partial charge in [0.1, 0.15) is 0 Å². The number of hydrogen-bond acceptors (Lipinski definition) is 4. The van der Waals surface area contributed by atoms with Crippen LogP contribution < -0.4 is 0 Å². The van der Waals surface area contributed by atoms with Crippen molar-refractivity contribution in [3.05, 3.63) is 27.7 Å². The number of hydrogen-bond donors (Lipinski definition) is 1. The highest BCUT2D eigenvalue weighted by molar-refractivity contribution is 9.10. The molecule has 1 N–H and O–H groups in total. The first-order valence-electron chi connectivity index (χ1n) is 6.48. The van der Waals surface area contributed by atoms with Crippen LogP contribution in [0.5, 0.6) is 0 Å². The van der Waals surface area contributed by atoms with E-state index in [-0.39, 0.29) is 12.5 Å². The fraction of sp³-hybridized carbons (Fsp3) is 0.385. The third kappa shape index (κ3) is 3.79. The summed E-state index contributed by atoms with van der Waals surface area (Å²) in [4.78, 5) is 11.0. The zero-order valence-corrected chi connectivity index (χ0v) is 13.7. The molecule has 0 saturated carbocycles. The minimum Gasteiger partial charge on any atom is -0.481 e. The Bertz CT molecular complexity index is 647. The van der Waals surface area contributed by atoms with Crippen molar-refractivity contribution >= 4 is 33.5 Å². The Balaban J connectivity index is 2.39. The Morgan fingerprint density at radius 2 is 2.29 bits per heavy atom. The van der Waals surface area contributed by atoms with Crippen molar-refractivity contribution in [3.8, 4) is 11.4 Å². The molecule has 0 amide bonds. The summed E-state index contributed by atoms with van der Waals surface area (Å²) >= 11 is 9.34. The highest BCUT2D eigenvalue weighted by Crippen LogP contribution is 2.29. The van der Waals surface area contributed by atoms with Crippen molar-refractivity contribution in [2.75, 3.05) is 0 Å². The van der Waals surface area contributed by atoms with Gasteiger partial charge in [0, 0.05) is 10.0 Å². The van der Waals surface area contributed by atoms with E-state index in [1.165, 1.54) is 0 Å². The van der Waals surface area contributed by atoms with Crippen molar-refractivity contribution in [1.29, 1.82) is 0 Å². The van der Waals surface area contributed by atoms with Crippen molar-refractivity contribution in [1.82, 2.24) is 20.2 Å². The lowest BCUT2D eigenvalue weighted by molar-refractivity contribution is -0.138. The molecule has 112 valence electrons. The van der Waals surface area contributed by atoms with E-state index in [0.717, 1.165) is 16.5 Å². The van der Waals surface area contributed by atoms with Gasteiger partial charge in [-0.1, -0.05) is 24.9 Å². The Morgan fingerprint density at radius 3 is 2.90 bits per heavy atom. The van der Waals surface area contributed by atoms with Crippen LogP contribution in [0.1, 0.15) is 32.2 Å². The molecule has 2 rings (SSSR count). The van der Waals surface area contributed by atoms with Gasteiger partial charge in [-0.3, -0.25) is 4.79 Å². The number of carbonyl (C=O) groups is 1. The van der Waals surface area contributed by atoms with Gasteiger partial charge in [-0.2, -0.15) is 0 Å². The molecule has 0 bridgehead atoms. The lowest BCUT2D eigenvalue weighted by Crippen LogP contribution is -2.16. The molecule has 0 saturated heterocycles. The van der Waals surface area contributed by atoms with Crippen molar-refractivity contribution in [2.24, 2.45) is 0 Å². The summed E-state index contributed by atoms with van der Waals surface area (Å²) in [6.45, 7) is 2.00. The highest BCUT2D eigenvalue weighted by Gasteiger charge is 2.21. The summed E-state index contributed by atoms with van der Waals surface area (Å²) < 4.78 is 2.31. The van der Waals surface area contributed by atoms with E-state index in [1.54, 1.807) is 16.8 Å². The summed E-state index contributed by atoms with van der Waals surface area (Å²) in [6, 6.07) is 5.09. The number of nitrogens with zero attached hydrogens (tertiary/aromatic N) is 4. The molecule has 1 aromatic heterocycles. The Labute approximate surface area is 135 Å². The molecule has 0 aliphatic heterocycles. The van der Waals surface area contributed by atoms with E-state index in [9.17, 15) is 4.79 Å². The maximum absolute atomic E-state index is 11.0. The van der Waals surface area contributed by atoms with Crippen LogP contribution in [0.15, 0.2) is 22.7 Å². The molecule has 0 spiro atoms. The third-order valence-electron chi connectivity index (χ3n) is 3.05. The van der Waals surface area contributed by atoms with Crippen LogP contribution >= 0.6 is 27.5 Å². The molecule has 8 heteroatoms. The number of carboxylic acids is 1. The van der Waals surface area contributed by atoms with Crippen molar-refractivity contribution < 1.29 is 9.90 Å². The number of aliphatic carboxylic acids is 1. The average Bonchev–Trinajstić information content (AvgIpc) is 2.90. The average molecular weight is 374 g/mol. The molecule has 0 aliphatic carbocycles. The predicted octanol–water partition coefficient (Wildman–Crippen LogP) is 3.57. The lowest BCUT2D eigenvalue weighted by atomic mass is 10.1. The molecule has 0 radical (unpaired) electrons. The molecule has 1 atom stereocenters. The first-order valence-corrected chi connectivity index (χ1v) is 7.65. The minimum absolute atomic E-state index is 0.0133. The van der Waals surface area contributed by atoms with Gasteiger partial charge in [-0.05, 0) is 51.0 Å². The summed E-state index contributed by atoms with van der Waals surface area (Å²) in [5.74, 6) is -0.334. The van der Waals surface area contributed by atoms with E-state index in [2.05, 4.69) is 31.5 Å². The van der Waals surface area contributed by atoms with Crippen LogP contribution in [-0.2, 0) is 4.79 Å². The molecule has 0 aliphatic rings. The monoisotopic (exact) mass is 372 g/mol. The van der Waals surface area contributed by atoms with Crippen LogP contribution in [0.3, 0.4) is 0 Å². The first-order chi connectivity index (χ1) is 10.0. The fourth-order valence-corrected chi connectivity index (χ4v) is 2.61. The van der Waals surface area contributed by atoms with Crippen LogP contribution in [0.25, 0.3) is 11.4 Å². The van der Waals surface area contributed by atoms with Gasteiger partial charge >= 0.3 is 5.97 Å². The van der Waals surface area contributed by atoms with Gasteiger partial charge in [0.15, 0.2) is 5.82 Å². The van der Waals surface area contributed by atoms with E-state index >= 15 is 0 Å². The first kappa shape index (κ1) is 15.9. The minimum atomic E-state index is -0.868. The molecule has 0 fully saturated rings. The van der Waals surface area contributed by atoms with Gasteiger partial charge in [0.25, 0.3) is 0 Å². The van der Waals surface area contributed by atoms with Crippen molar-refractivity contribution in [3.63, 3.8) is 0 Å². The highest BCUT2D eigenvalue weighted by atomic mass is 79.9. The summed E-state index contributed by atoms with van der Waals surface area (Å²) in [5, 5.41) is 21.3. The largest absolute Gasteiger partial charge is 0.481 e. The quantitative estimate of drug-likeness (QED) is 0.837. The molecule has 2 aromatic rings. The number of carboxylic acid groups (broad SMARTS) is 1. The van der Waals surface area contributed by atoms with Gasteiger partial charge in [-0.15, -0.1) is 5.10 Å². The SMILES string of the molecule is CCCC(CC(=O)O)n1nnnc1-c1ccc(Cl)c(Br)c1. The van der Waals surface area contributed by atoms with Crippen molar-refractivity contribution in [2.45, 2.75) is 32.2 Å². The standard InChI is InChI=1S/C13H14BrClN4O2/c1-2-3-9(7-12(20)21)19-13(16-17-18-19)8-4-5-11(15)10(14)6-8/h4-6,9H,2-3,7H2,1H3,(H,20,21). The topological polar surface area (TPSA) is 80.9 Å². The number of rotatable bonds is 6. The summed E-state index contributed by atoms with van der Waals surface area (Å²) in [6.07, 6.45) is 1.53. The molecule has 1 unspecified atom stereocenters. The van der Waals surface area contributed by atoms with E-state index < -0.39 is 5.97 Å². The van der Waals surface area contributed by atoms with Gasteiger partial charge in [-0.25, -0.2) is 4.68 Å². The second-order valence-corrected chi connectivity index (χ2v) is 5.88. The van der Waals surface area contributed by atoms with Gasteiger partial charge in [0.2, 0.25) is 0 Å². The molecular weight excluding hydrogens is 360 g/mol. The molecule has 6 nitrogen and oxygen atoms in total. The summed E-state index contributed by atoms with van der Waals surface area (Å²) in [5.41, 5.74) is 0.780. The van der Waals surface area contributed by atoms with Crippen LogP contribution in [0.2, 0.25) is 5.02 Å². The zero-order valence-electron chi connectivity index (χ0n) is 11.3. The fourth-order valence-electron chi connectivity index (χ4n) is 2.11. The molecule has 1 aromatic carbocycles. The number of benzene rings is 1. The molecule has 21 heavy (non-hydrogen) atoms. The van der Waals surface area contributed by atoms with E-state index in [1.807, 2.05) is 13.0 Å². The smallest absolute Gasteiger partial charge is 0.305 e.